The van der Waals surface area contributed by atoms with Crippen LogP contribution in [0.2, 0.25) is 0 Å². The summed E-state index contributed by atoms with van der Waals surface area (Å²) in [6.45, 7) is 0. The van der Waals surface area contributed by atoms with Gasteiger partial charge in [-0.2, -0.15) is 0 Å². The molecular formula is C9H9BrN4O2. The van der Waals surface area contributed by atoms with Crippen LogP contribution in [0.5, 0.6) is 0 Å². The summed E-state index contributed by atoms with van der Waals surface area (Å²) in [7, 11) is 1.56. The van der Waals surface area contributed by atoms with Crippen molar-refractivity contribution in [1.29, 1.82) is 0 Å². The third kappa shape index (κ3) is 1.91. The Hall–Kier alpha value is -1.47. The number of likely N-dealkylation sites (N-methyl/N-ethyl adjacent to an activating group) is 1. The quantitative estimate of drug-likeness (QED) is 0.873. The first-order chi connectivity index (χ1) is 7.61. The molecule has 0 radical (unpaired) electrons. The van der Waals surface area contributed by atoms with Crippen molar-refractivity contribution < 1.29 is 9.90 Å². The molecule has 2 heterocycles. The molecule has 6 nitrogen and oxygen atoms in total. The third-order valence-electron chi connectivity index (χ3n) is 2.11. The monoisotopic (exact) mass is 284 g/mol. The minimum atomic E-state index is -1.00. The molecule has 2 aromatic rings. The van der Waals surface area contributed by atoms with Crippen LogP contribution in [0, 0.1) is 0 Å². The molecule has 1 unspecified atom stereocenters. The van der Waals surface area contributed by atoms with Crippen LogP contribution < -0.4 is 5.32 Å². The van der Waals surface area contributed by atoms with E-state index in [-0.39, 0.29) is 5.82 Å². The number of nitrogens with zero attached hydrogens (tertiary/aromatic N) is 3. The van der Waals surface area contributed by atoms with Gasteiger partial charge in [0, 0.05) is 10.7 Å². The smallest absolute Gasteiger partial charge is 0.328 e. The van der Waals surface area contributed by atoms with Gasteiger partial charge in [-0.3, -0.25) is 4.79 Å². The first-order valence-corrected chi connectivity index (χ1v) is 5.33. The van der Waals surface area contributed by atoms with Crippen LogP contribution in [0.15, 0.2) is 22.8 Å². The van der Waals surface area contributed by atoms with E-state index in [0.717, 1.165) is 4.47 Å². The average molecular weight is 285 g/mol. The Morgan fingerprint density at radius 2 is 2.44 bits per heavy atom. The molecule has 0 spiro atoms. The molecule has 0 saturated carbocycles. The molecule has 0 amide bonds. The molecule has 0 aliphatic heterocycles. The second kappa shape index (κ2) is 4.18. The summed E-state index contributed by atoms with van der Waals surface area (Å²) in [5, 5.41) is 15.7. The topological polar surface area (TPSA) is 79.5 Å². The van der Waals surface area contributed by atoms with Crippen molar-refractivity contribution in [2.45, 2.75) is 6.04 Å². The zero-order valence-corrected chi connectivity index (χ0v) is 9.97. The number of hydrogen-bond acceptors (Lipinski definition) is 4. The predicted molar refractivity (Wildman–Crippen MR) is 60.1 cm³/mol. The van der Waals surface area contributed by atoms with Crippen molar-refractivity contribution in [1.82, 2.24) is 19.9 Å². The van der Waals surface area contributed by atoms with Gasteiger partial charge in [0.1, 0.15) is 0 Å². The van der Waals surface area contributed by atoms with Crippen molar-refractivity contribution >= 4 is 27.5 Å². The molecule has 84 valence electrons. The van der Waals surface area contributed by atoms with Gasteiger partial charge in [-0.15, -0.1) is 5.10 Å². The second-order valence-corrected chi connectivity index (χ2v) is 4.09. The average Bonchev–Trinajstić information content (AvgIpc) is 2.60. The lowest BCUT2D eigenvalue weighted by atomic mass is 10.3. The van der Waals surface area contributed by atoms with E-state index in [9.17, 15) is 4.79 Å². The molecule has 0 aliphatic carbocycles. The molecule has 16 heavy (non-hydrogen) atoms. The fourth-order valence-electron chi connectivity index (χ4n) is 1.36. The van der Waals surface area contributed by atoms with E-state index in [2.05, 4.69) is 31.3 Å². The molecule has 0 aliphatic rings. The van der Waals surface area contributed by atoms with Crippen LogP contribution in [-0.2, 0) is 4.79 Å². The number of hydrogen-bond donors (Lipinski definition) is 2. The van der Waals surface area contributed by atoms with Gasteiger partial charge in [0.2, 0.25) is 0 Å². The summed E-state index contributed by atoms with van der Waals surface area (Å²) in [4.78, 5) is 15.1. The van der Waals surface area contributed by atoms with Crippen LogP contribution >= 0.6 is 15.9 Å². The Kier molecular flexibility index (Phi) is 2.88. The maximum atomic E-state index is 10.9. The summed E-state index contributed by atoms with van der Waals surface area (Å²) in [5.74, 6) is -0.759. The van der Waals surface area contributed by atoms with Crippen molar-refractivity contribution in [2.24, 2.45) is 0 Å². The number of carboxylic acids is 1. The number of aliphatic carboxylic acids is 1. The Balaban J connectivity index is 2.49. The van der Waals surface area contributed by atoms with E-state index in [1.165, 1.54) is 4.52 Å². The van der Waals surface area contributed by atoms with Gasteiger partial charge in [-0.1, -0.05) is 15.9 Å². The van der Waals surface area contributed by atoms with Crippen LogP contribution in [0.25, 0.3) is 5.65 Å². The largest absolute Gasteiger partial charge is 0.480 e. The number of aromatic nitrogens is 3. The molecule has 2 rings (SSSR count). The number of rotatable bonds is 3. The van der Waals surface area contributed by atoms with E-state index in [1.54, 1.807) is 25.4 Å². The molecule has 0 fully saturated rings. The van der Waals surface area contributed by atoms with Crippen molar-refractivity contribution in [3.05, 3.63) is 28.6 Å². The van der Waals surface area contributed by atoms with Gasteiger partial charge < -0.3 is 10.4 Å². The summed E-state index contributed by atoms with van der Waals surface area (Å²) >= 11 is 3.31. The van der Waals surface area contributed by atoms with Gasteiger partial charge >= 0.3 is 5.97 Å². The first-order valence-electron chi connectivity index (χ1n) is 4.53. The number of pyridine rings is 1. The van der Waals surface area contributed by atoms with Gasteiger partial charge in [0.05, 0.1) is 0 Å². The Morgan fingerprint density at radius 1 is 1.69 bits per heavy atom. The number of carbonyl (C=O) groups is 1. The minimum absolute atomic E-state index is 0.244. The molecule has 0 saturated heterocycles. The highest BCUT2D eigenvalue weighted by molar-refractivity contribution is 9.10. The van der Waals surface area contributed by atoms with Crippen LogP contribution in [-0.4, -0.2) is 32.7 Å². The molecule has 7 heteroatoms. The SMILES string of the molecule is CNC(C(=O)O)c1nc2cc(Br)ccn2n1. The van der Waals surface area contributed by atoms with E-state index < -0.39 is 12.0 Å². The van der Waals surface area contributed by atoms with Crippen LogP contribution in [0.3, 0.4) is 0 Å². The van der Waals surface area contributed by atoms with Crippen LogP contribution in [0.4, 0.5) is 0 Å². The summed E-state index contributed by atoms with van der Waals surface area (Å²) in [5.41, 5.74) is 0.603. The molecule has 1 atom stereocenters. The number of carboxylic acid groups (broad SMARTS) is 1. The number of halogens is 1. The lowest BCUT2D eigenvalue weighted by Crippen LogP contribution is -2.26. The van der Waals surface area contributed by atoms with E-state index in [4.69, 9.17) is 5.11 Å². The third-order valence-corrected chi connectivity index (χ3v) is 2.60. The maximum Gasteiger partial charge on any atom is 0.328 e. The van der Waals surface area contributed by atoms with Crippen molar-refractivity contribution in [3.8, 4) is 0 Å². The molecule has 0 aromatic carbocycles. The van der Waals surface area contributed by atoms with Gasteiger partial charge in [0.15, 0.2) is 17.5 Å². The number of fused-ring (bicyclic) bond motifs is 1. The summed E-state index contributed by atoms with van der Waals surface area (Å²) in [6.07, 6.45) is 1.71. The Labute approximate surface area is 99.4 Å². The first kappa shape index (κ1) is 11.0. The lowest BCUT2D eigenvalue weighted by molar-refractivity contribution is -0.139. The van der Waals surface area contributed by atoms with E-state index in [0.29, 0.717) is 5.65 Å². The maximum absolute atomic E-state index is 10.9. The Bertz CT molecular complexity index is 539. The van der Waals surface area contributed by atoms with E-state index >= 15 is 0 Å². The van der Waals surface area contributed by atoms with Crippen molar-refractivity contribution in [2.75, 3.05) is 7.05 Å². The normalized spacial score (nSPS) is 12.9. The fourth-order valence-corrected chi connectivity index (χ4v) is 1.68. The Morgan fingerprint density at radius 3 is 3.06 bits per heavy atom. The molecule has 2 aromatic heterocycles. The molecule has 2 N–H and O–H groups in total. The highest BCUT2D eigenvalue weighted by atomic mass is 79.9. The summed E-state index contributed by atoms with van der Waals surface area (Å²) < 4.78 is 2.41. The second-order valence-electron chi connectivity index (χ2n) is 3.18. The number of nitrogens with one attached hydrogen (secondary N) is 1. The summed E-state index contributed by atoms with van der Waals surface area (Å²) in [6, 6.07) is 2.68. The van der Waals surface area contributed by atoms with Crippen LogP contribution in [0.1, 0.15) is 11.9 Å². The highest BCUT2D eigenvalue weighted by Crippen LogP contribution is 2.14. The zero-order chi connectivity index (χ0) is 11.7. The lowest BCUT2D eigenvalue weighted by Gasteiger charge is -2.04. The highest BCUT2D eigenvalue weighted by Gasteiger charge is 2.22. The zero-order valence-electron chi connectivity index (χ0n) is 8.38. The van der Waals surface area contributed by atoms with Gasteiger partial charge in [-0.25, -0.2) is 9.50 Å². The van der Waals surface area contributed by atoms with Gasteiger partial charge in [0.25, 0.3) is 0 Å². The fraction of sp³-hybridized carbons (Fsp3) is 0.222. The van der Waals surface area contributed by atoms with Gasteiger partial charge in [-0.05, 0) is 19.2 Å². The van der Waals surface area contributed by atoms with E-state index in [1.807, 2.05) is 0 Å². The predicted octanol–water partition coefficient (Wildman–Crippen LogP) is 0.837. The standard InChI is InChI=1S/C9H9BrN4O2/c1-11-7(9(15)16)8-12-6-4-5(10)2-3-14(6)13-8/h2-4,7,11H,1H3,(H,15,16). The van der Waals surface area contributed by atoms with Crippen molar-refractivity contribution in [3.63, 3.8) is 0 Å². The molecule has 0 bridgehead atoms. The molecular weight excluding hydrogens is 276 g/mol. The minimum Gasteiger partial charge on any atom is -0.480 e.